The molecule has 0 aromatic heterocycles. The Hall–Kier alpha value is -1.96. The van der Waals surface area contributed by atoms with Crippen LogP contribution < -0.4 is 9.21 Å². The lowest BCUT2D eigenvalue weighted by molar-refractivity contribution is 0.142. The van der Waals surface area contributed by atoms with E-state index >= 15 is 0 Å². The van der Waals surface area contributed by atoms with Crippen molar-refractivity contribution < 1.29 is 18.3 Å². The first kappa shape index (κ1) is 15.4. The normalized spacial score (nSPS) is 15.9. The quantitative estimate of drug-likeness (QED) is 0.896. The Labute approximate surface area is 124 Å². The Morgan fingerprint density at radius 2 is 1.76 bits per heavy atom. The maximum absolute atomic E-state index is 11.7. The monoisotopic (exact) mass is 313 g/mol. The highest BCUT2D eigenvalue weighted by molar-refractivity contribution is 7.92. The molecule has 0 unspecified atom stereocenters. The molecule has 7 nitrogen and oxygen atoms in total. The van der Waals surface area contributed by atoms with Crippen LogP contribution in [0.2, 0.25) is 0 Å². The summed E-state index contributed by atoms with van der Waals surface area (Å²) in [5.74, 6) is 0. The molecule has 1 saturated heterocycles. The zero-order valence-corrected chi connectivity index (χ0v) is 12.9. The van der Waals surface area contributed by atoms with Gasteiger partial charge in [0.1, 0.15) is 0 Å². The summed E-state index contributed by atoms with van der Waals surface area (Å²) in [5.41, 5.74) is 1.40. The topological polar surface area (TPSA) is 81.2 Å². The summed E-state index contributed by atoms with van der Waals surface area (Å²) in [4.78, 5) is 14.3. The highest BCUT2D eigenvalue weighted by atomic mass is 32.2. The largest absolute Gasteiger partial charge is 0.465 e. The zero-order valence-electron chi connectivity index (χ0n) is 12.1. The molecule has 0 bridgehead atoms. The lowest BCUT2D eigenvalue weighted by atomic mass is 10.2. The van der Waals surface area contributed by atoms with Gasteiger partial charge in [-0.1, -0.05) is 12.1 Å². The minimum Gasteiger partial charge on any atom is -0.465 e. The number of carbonyl (C=O) groups is 1. The first-order valence-electron chi connectivity index (χ1n) is 6.56. The molecule has 1 aromatic rings. The minimum atomic E-state index is -3.34. The molecule has 0 atom stereocenters. The summed E-state index contributed by atoms with van der Waals surface area (Å²) in [6.07, 6.45) is 0.239. The highest BCUT2D eigenvalue weighted by Crippen LogP contribution is 2.30. The summed E-state index contributed by atoms with van der Waals surface area (Å²) in [7, 11) is -1.82. The summed E-state index contributed by atoms with van der Waals surface area (Å²) in [5, 5.41) is 8.96. The number of hydrogen-bond acceptors (Lipinski definition) is 4. The number of nitrogens with zero attached hydrogens (tertiary/aromatic N) is 3. The van der Waals surface area contributed by atoms with Crippen molar-refractivity contribution in [3.63, 3.8) is 0 Å². The fraction of sp³-hybridized carbons (Fsp3) is 0.462. The van der Waals surface area contributed by atoms with Crippen LogP contribution >= 0.6 is 0 Å². The van der Waals surface area contributed by atoms with E-state index < -0.39 is 16.1 Å². The van der Waals surface area contributed by atoms with Crippen molar-refractivity contribution in [3.05, 3.63) is 24.3 Å². The molecule has 1 heterocycles. The summed E-state index contributed by atoms with van der Waals surface area (Å²) >= 11 is 0. The molecule has 0 saturated carbocycles. The fourth-order valence-corrected chi connectivity index (χ4v) is 2.83. The second-order valence-electron chi connectivity index (χ2n) is 4.98. The standard InChI is InChI=1S/C13H19N3O4S/c1-14(21(2,19)20)11-5-3-4-6-12(11)15-7-9-16(10-8-15)13(17)18/h3-6H,7-10H2,1-2H3,(H,17,18). The molecule has 21 heavy (non-hydrogen) atoms. The van der Waals surface area contributed by atoms with Gasteiger partial charge in [0.05, 0.1) is 17.6 Å². The van der Waals surface area contributed by atoms with Gasteiger partial charge in [0, 0.05) is 33.2 Å². The van der Waals surface area contributed by atoms with E-state index in [-0.39, 0.29) is 0 Å². The molecule has 0 radical (unpaired) electrons. The lowest BCUT2D eigenvalue weighted by Gasteiger charge is -2.36. The Bertz CT molecular complexity index is 624. The summed E-state index contributed by atoms with van der Waals surface area (Å²) in [6, 6.07) is 7.24. The van der Waals surface area contributed by atoms with Gasteiger partial charge in [-0.3, -0.25) is 4.31 Å². The van der Waals surface area contributed by atoms with Crippen molar-refractivity contribution >= 4 is 27.5 Å². The second-order valence-corrected chi connectivity index (χ2v) is 6.99. The van der Waals surface area contributed by atoms with Gasteiger partial charge in [0.25, 0.3) is 0 Å². The van der Waals surface area contributed by atoms with Gasteiger partial charge < -0.3 is 14.9 Å². The van der Waals surface area contributed by atoms with Gasteiger partial charge in [0.15, 0.2) is 0 Å². The van der Waals surface area contributed by atoms with E-state index in [0.29, 0.717) is 31.9 Å². The number of amides is 1. The van der Waals surface area contributed by atoms with Crippen molar-refractivity contribution in [1.29, 1.82) is 0 Å². The predicted molar refractivity (Wildman–Crippen MR) is 81.5 cm³/mol. The SMILES string of the molecule is CN(c1ccccc1N1CCN(C(=O)O)CC1)S(C)(=O)=O. The van der Waals surface area contributed by atoms with Gasteiger partial charge in [-0.25, -0.2) is 13.2 Å². The molecule has 8 heteroatoms. The number of para-hydroxylation sites is 2. The van der Waals surface area contributed by atoms with Crippen molar-refractivity contribution in [3.8, 4) is 0 Å². The molecule has 2 rings (SSSR count). The van der Waals surface area contributed by atoms with Crippen LogP contribution in [0.4, 0.5) is 16.2 Å². The van der Waals surface area contributed by atoms with Gasteiger partial charge in [-0.15, -0.1) is 0 Å². The number of rotatable bonds is 3. The van der Waals surface area contributed by atoms with Gasteiger partial charge in [-0.2, -0.15) is 0 Å². The molecule has 1 aliphatic rings. The lowest BCUT2D eigenvalue weighted by Crippen LogP contribution is -2.48. The van der Waals surface area contributed by atoms with Gasteiger partial charge in [-0.05, 0) is 12.1 Å². The Morgan fingerprint density at radius 1 is 1.19 bits per heavy atom. The second kappa shape index (κ2) is 5.80. The molecule has 0 spiro atoms. The van der Waals surface area contributed by atoms with Crippen molar-refractivity contribution in [1.82, 2.24) is 4.90 Å². The van der Waals surface area contributed by atoms with E-state index in [1.165, 1.54) is 16.3 Å². The maximum Gasteiger partial charge on any atom is 0.407 e. The van der Waals surface area contributed by atoms with Crippen LogP contribution in [-0.4, -0.2) is 64.0 Å². The third kappa shape index (κ3) is 3.38. The van der Waals surface area contributed by atoms with Crippen LogP contribution in [0.3, 0.4) is 0 Å². The molecule has 116 valence electrons. The molecular weight excluding hydrogens is 294 g/mol. The first-order chi connectivity index (χ1) is 9.80. The average molecular weight is 313 g/mol. The first-order valence-corrected chi connectivity index (χ1v) is 8.41. The molecule has 1 fully saturated rings. The third-order valence-electron chi connectivity index (χ3n) is 3.61. The molecule has 1 aromatic carbocycles. The Balaban J connectivity index is 2.24. The number of carboxylic acid groups (broad SMARTS) is 1. The van der Waals surface area contributed by atoms with E-state index in [0.717, 1.165) is 11.9 Å². The number of benzene rings is 1. The van der Waals surface area contributed by atoms with Crippen molar-refractivity contribution in [2.75, 3.05) is 48.7 Å². The van der Waals surface area contributed by atoms with Gasteiger partial charge >= 0.3 is 6.09 Å². The Kier molecular flexibility index (Phi) is 4.26. The van der Waals surface area contributed by atoms with Crippen LogP contribution in [0.1, 0.15) is 0 Å². The third-order valence-corrected chi connectivity index (χ3v) is 4.80. The van der Waals surface area contributed by atoms with Crippen LogP contribution in [0.5, 0.6) is 0 Å². The summed E-state index contributed by atoms with van der Waals surface area (Å²) in [6.45, 7) is 1.90. The van der Waals surface area contributed by atoms with Crippen LogP contribution in [0, 0.1) is 0 Å². The van der Waals surface area contributed by atoms with E-state index in [9.17, 15) is 13.2 Å². The van der Waals surface area contributed by atoms with Gasteiger partial charge in [0.2, 0.25) is 10.0 Å². The highest BCUT2D eigenvalue weighted by Gasteiger charge is 2.24. The number of sulfonamides is 1. The van der Waals surface area contributed by atoms with Crippen LogP contribution in [0.15, 0.2) is 24.3 Å². The van der Waals surface area contributed by atoms with E-state index in [1.807, 2.05) is 17.0 Å². The van der Waals surface area contributed by atoms with Crippen molar-refractivity contribution in [2.45, 2.75) is 0 Å². The molecular formula is C13H19N3O4S. The number of anilines is 2. The number of hydrogen-bond donors (Lipinski definition) is 1. The zero-order chi connectivity index (χ0) is 15.6. The average Bonchev–Trinajstić information content (AvgIpc) is 2.45. The van der Waals surface area contributed by atoms with Crippen LogP contribution in [0.25, 0.3) is 0 Å². The summed E-state index contributed by atoms with van der Waals surface area (Å²) < 4.78 is 24.7. The van der Waals surface area contributed by atoms with E-state index in [2.05, 4.69) is 0 Å². The molecule has 1 N–H and O–H groups in total. The predicted octanol–water partition coefficient (Wildman–Crippen LogP) is 0.882. The van der Waals surface area contributed by atoms with Crippen LogP contribution in [-0.2, 0) is 10.0 Å². The fourth-order valence-electron chi connectivity index (χ4n) is 2.32. The van der Waals surface area contributed by atoms with E-state index in [4.69, 9.17) is 5.11 Å². The van der Waals surface area contributed by atoms with E-state index in [1.54, 1.807) is 12.1 Å². The molecule has 1 aliphatic heterocycles. The maximum atomic E-state index is 11.7. The Morgan fingerprint density at radius 3 is 2.29 bits per heavy atom. The number of piperazine rings is 1. The van der Waals surface area contributed by atoms with Crippen molar-refractivity contribution in [2.24, 2.45) is 0 Å². The molecule has 1 amide bonds. The smallest absolute Gasteiger partial charge is 0.407 e. The minimum absolute atomic E-state index is 0.409. The molecule has 0 aliphatic carbocycles.